The summed E-state index contributed by atoms with van der Waals surface area (Å²) in [5, 5.41) is 6.65. The molecule has 31 heavy (non-hydrogen) atoms. The molecule has 7 nitrogen and oxygen atoms in total. The number of aromatic nitrogens is 4. The standard InChI is InChI=1S/C20H9ClF3N5O2/c21-13-2-1-10(7-12(13)20(22,23)24)29-18(30)11-8-26-17-15(14(11)19(29)31)16(27-28-17)9-3-5-25-6-4-9/h1-8H,(H,26,27,28). The lowest BCUT2D eigenvalue weighted by Gasteiger charge is -2.17. The van der Waals surface area contributed by atoms with Crippen molar-refractivity contribution in [1.29, 1.82) is 0 Å². The molecule has 0 saturated carbocycles. The fourth-order valence-electron chi connectivity index (χ4n) is 3.53. The summed E-state index contributed by atoms with van der Waals surface area (Å²) in [7, 11) is 0. The van der Waals surface area contributed by atoms with Crippen LogP contribution in [0.5, 0.6) is 0 Å². The van der Waals surface area contributed by atoms with Gasteiger partial charge < -0.3 is 0 Å². The number of rotatable bonds is 2. The number of alkyl halides is 3. The Morgan fingerprint density at radius 1 is 1.03 bits per heavy atom. The average Bonchev–Trinajstić information content (AvgIpc) is 3.28. The summed E-state index contributed by atoms with van der Waals surface area (Å²) in [5.74, 6) is -1.56. The number of hydrogen-bond donors (Lipinski definition) is 1. The maximum atomic E-state index is 13.3. The zero-order valence-corrected chi connectivity index (χ0v) is 16.0. The number of fused-ring (bicyclic) bond motifs is 3. The second-order valence-electron chi connectivity index (χ2n) is 6.69. The molecule has 0 spiro atoms. The molecule has 0 aliphatic carbocycles. The SMILES string of the molecule is O=C1c2cnc3n[nH]c(-c4ccncc4)c3c2C(=O)N1c1ccc(Cl)c(C(F)(F)F)c1. The van der Waals surface area contributed by atoms with Gasteiger partial charge in [0.1, 0.15) is 0 Å². The van der Waals surface area contributed by atoms with E-state index < -0.39 is 28.6 Å². The largest absolute Gasteiger partial charge is 0.417 e. The van der Waals surface area contributed by atoms with Gasteiger partial charge >= 0.3 is 6.18 Å². The lowest BCUT2D eigenvalue weighted by atomic mass is 10.0. The first-order valence-corrected chi connectivity index (χ1v) is 9.18. The molecule has 3 aromatic heterocycles. The molecule has 1 N–H and O–H groups in total. The van der Waals surface area contributed by atoms with E-state index in [0.717, 1.165) is 6.07 Å². The number of anilines is 1. The quantitative estimate of drug-likeness (QED) is 0.461. The molecule has 0 unspecified atom stereocenters. The molecular formula is C20H9ClF3N5O2. The highest BCUT2D eigenvalue weighted by Crippen LogP contribution is 2.40. The van der Waals surface area contributed by atoms with E-state index in [1.165, 1.54) is 12.3 Å². The lowest BCUT2D eigenvalue weighted by molar-refractivity contribution is -0.137. The van der Waals surface area contributed by atoms with Crippen LogP contribution in [0.15, 0.2) is 48.9 Å². The second-order valence-corrected chi connectivity index (χ2v) is 7.09. The van der Waals surface area contributed by atoms with Crippen LogP contribution >= 0.6 is 11.6 Å². The first-order chi connectivity index (χ1) is 14.8. The minimum absolute atomic E-state index is 0.0130. The number of carbonyl (C=O) groups excluding carboxylic acids is 2. The molecule has 0 radical (unpaired) electrons. The number of pyridine rings is 2. The van der Waals surface area contributed by atoms with Crippen molar-refractivity contribution in [2.75, 3.05) is 4.90 Å². The van der Waals surface area contributed by atoms with Gasteiger partial charge in [-0.3, -0.25) is 19.7 Å². The van der Waals surface area contributed by atoms with Crippen LogP contribution in [0.2, 0.25) is 5.02 Å². The third-order valence-corrected chi connectivity index (χ3v) is 5.25. The van der Waals surface area contributed by atoms with E-state index in [1.807, 2.05) is 0 Å². The van der Waals surface area contributed by atoms with Crippen molar-refractivity contribution in [1.82, 2.24) is 20.2 Å². The fraction of sp³-hybridized carbons (Fsp3) is 0.0500. The third-order valence-electron chi connectivity index (χ3n) is 4.92. The van der Waals surface area contributed by atoms with E-state index >= 15 is 0 Å². The highest BCUT2D eigenvalue weighted by molar-refractivity contribution is 6.38. The van der Waals surface area contributed by atoms with E-state index in [0.29, 0.717) is 27.6 Å². The van der Waals surface area contributed by atoms with E-state index in [1.54, 1.807) is 24.5 Å². The Morgan fingerprint density at radius 3 is 2.48 bits per heavy atom. The molecule has 0 atom stereocenters. The zero-order chi connectivity index (χ0) is 21.9. The van der Waals surface area contributed by atoms with Crippen LogP contribution in [-0.4, -0.2) is 32.0 Å². The van der Waals surface area contributed by atoms with Gasteiger partial charge in [0.05, 0.1) is 38.5 Å². The number of H-pyrrole nitrogens is 1. The van der Waals surface area contributed by atoms with Gasteiger partial charge in [-0.15, -0.1) is 0 Å². The Balaban J connectivity index is 1.70. The molecule has 154 valence electrons. The van der Waals surface area contributed by atoms with Gasteiger partial charge in [0.2, 0.25) is 0 Å². The molecule has 5 rings (SSSR count). The van der Waals surface area contributed by atoms with Crippen molar-refractivity contribution >= 4 is 40.1 Å². The van der Waals surface area contributed by atoms with Crippen molar-refractivity contribution in [3.63, 3.8) is 0 Å². The van der Waals surface area contributed by atoms with Crippen molar-refractivity contribution in [2.24, 2.45) is 0 Å². The number of hydrogen-bond acceptors (Lipinski definition) is 5. The highest BCUT2D eigenvalue weighted by atomic mass is 35.5. The van der Waals surface area contributed by atoms with Crippen molar-refractivity contribution in [2.45, 2.75) is 6.18 Å². The van der Waals surface area contributed by atoms with Crippen LogP contribution in [0.1, 0.15) is 26.3 Å². The summed E-state index contributed by atoms with van der Waals surface area (Å²) < 4.78 is 39.8. The number of halogens is 4. The van der Waals surface area contributed by atoms with Crippen molar-refractivity contribution < 1.29 is 22.8 Å². The molecule has 4 heterocycles. The topological polar surface area (TPSA) is 91.8 Å². The van der Waals surface area contributed by atoms with E-state index in [9.17, 15) is 22.8 Å². The van der Waals surface area contributed by atoms with Gasteiger partial charge in [0.15, 0.2) is 5.65 Å². The number of aromatic amines is 1. The van der Waals surface area contributed by atoms with Crippen LogP contribution in [0.25, 0.3) is 22.3 Å². The van der Waals surface area contributed by atoms with Crippen LogP contribution in [0.4, 0.5) is 18.9 Å². The van der Waals surface area contributed by atoms with Gasteiger partial charge in [0.25, 0.3) is 11.8 Å². The normalized spacial score (nSPS) is 13.9. The summed E-state index contributed by atoms with van der Waals surface area (Å²) in [6.07, 6.45) is -0.468. The Hall–Kier alpha value is -3.79. The maximum absolute atomic E-state index is 13.3. The molecule has 0 saturated heterocycles. The number of nitrogens with zero attached hydrogens (tertiary/aromatic N) is 4. The molecule has 0 bridgehead atoms. The van der Waals surface area contributed by atoms with Gasteiger partial charge in [-0.1, -0.05) is 11.6 Å². The molecule has 11 heteroatoms. The lowest BCUT2D eigenvalue weighted by Crippen LogP contribution is -2.29. The zero-order valence-electron chi connectivity index (χ0n) is 15.2. The monoisotopic (exact) mass is 443 g/mol. The van der Waals surface area contributed by atoms with Crippen LogP contribution in [0, 0.1) is 0 Å². The summed E-state index contributed by atoms with van der Waals surface area (Å²) in [6, 6.07) is 6.22. The molecule has 2 amide bonds. The Morgan fingerprint density at radius 2 is 1.77 bits per heavy atom. The third kappa shape index (κ3) is 2.87. The van der Waals surface area contributed by atoms with Crippen LogP contribution in [0.3, 0.4) is 0 Å². The van der Waals surface area contributed by atoms with E-state index in [4.69, 9.17) is 11.6 Å². The van der Waals surface area contributed by atoms with E-state index in [2.05, 4.69) is 20.2 Å². The fourth-order valence-corrected chi connectivity index (χ4v) is 3.75. The summed E-state index contributed by atoms with van der Waals surface area (Å²) >= 11 is 5.67. The van der Waals surface area contributed by atoms with E-state index in [-0.39, 0.29) is 22.5 Å². The van der Waals surface area contributed by atoms with Gasteiger partial charge in [-0.25, -0.2) is 9.88 Å². The molecule has 1 aromatic carbocycles. The molecule has 1 aliphatic rings. The number of imide groups is 1. The molecule has 1 aliphatic heterocycles. The smallest absolute Gasteiger partial charge is 0.275 e. The van der Waals surface area contributed by atoms with Crippen LogP contribution in [-0.2, 0) is 6.18 Å². The average molecular weight is 444 g/mol. The summed E-state index contributed by atoms with van der Waals surface area (Å²) in [4.78, 5) is 35.0. The minimum atomic E-state index is -4.75. The van der Waals surface area contributed by atoms with Gasteiger partial charge in [-0.05, 0) is 30.3 Å². The Bertz CT molecular complexity index is 1390. The number of amides is 2. The minimum Gasteiger partial charge on any atom is -0.275 e. The summed E-state index contributed by atoms with van der Waals surface area (Å²) in [6.45, 7) is 0. The first kappa shape index (κ1) is 19.2. The van der Waals surface area contributed by atoms with Crippen molar-refractivity contribution in [3.8, 4) is 11.3 Å². The number of nitrogens with one attached hydrogen (secondary N) is 1. The van der Waals surface area contributed by atoms with Gasteiger partial charge in [-0.2, -0.15) is 18.3 Å². The predicted molar refractivity (Wildman–Crippen MR) is 105 cm³/mol. The molecule has 0 fully saturated rings. The van der Waals surface area contributed by atoms with Crippen molar-refractivity contribution in [3.05, 3.63) is 70.6 Å². The maximum Gasteiger partial charge on any atom is 0.417 e. The Kier molecular flexibility index (Phi) is 4.09. The molecular weight excluding hydrogens is 435 g/mol. The number of benzene rings is 1. The summed E-state index contributed by atoms with van der Waals surface area (Å²) in [5.41, 5.74) is -0.121. The Labute approximate surface area is 176 Å². The van der Waals surface area contributed by atoms with Gasteiger partial charge in [0, 0.05) is 24.2 Å². The second kappa shape index (κ2) is 6.61. The first-order valence-electron chi connectivity index (χ1n) is 8.80. The number of carbonyl (C=O) groups is 2. The predicted octanol–water partition coefficient (Wildman–Crippen LogP) is 4.49. The highest BCUT2D eigenvalue weighted by Gasteiger charge is 2.41. The molecule has 4 aromatic rings. The van der Waals surface area contributed by atoms with Crippen LogP contribution < -0.4 is 4.90 Å².